The van der Waals surface area contributed by atoms with Crippen LogP contribution >= 0.6 is 0 Å². The van der Waals surface area contributed by atoms with Crippen LogP contribution in [0.15, 0.2) is 54.6 Å². The number of likely N-dealkylation sites (tertiary alicyclic amines) is 1. The Labute approximate surface area is 166 Å². The van der Waals surface area contributed by atoms with E-state index in [0.717, 1.165) is 44.6 Å². The number of hydrogen-bond donors (Lipinski definition) is 1. The zero-order valence-corrected chi connectivity index (χ0v) is 16.1. The highest BCUT2D eigenvalue weighted by atomic mass is 16.2. The number of fused-ring (bicyclic) bond motifs is 1. The van der Waals surface area contributed by atoms with Crippen molar-refractivity contribution in [1.82, 2.24) is 9.80 Å². The highest BCUT2D eigenvalue weighted by Gasteiger charge is 2.28. The molecule has 1 N–H and O–H groups in total. The van der Waals surface area contributed by atoms with Crippen LogP contribution in [-0.2, 0) is 22.6 Å². The molecule has 0 radical (unpaired) electrons. The summed E-state index contributed by atoms with van der Waals surface area (Å²) >= 11 is 0. The van der Waals surface area contributed by atoms with Gasteiger partial charge in [-0.25, -0.2) is 0 Å². The van der Waals surface area contributed by atoms with Gasteiger partial charge in [-0.2, -0.15) is 0 Å². The normalized spacial score (nSPS) is 17.8. The molecule has 1 fully saturated rings. The summed E-state index contributed by atoms with van der Waals surface area (Å²) in [5.41, 5.74) is 3.46. The number of hydrogen-bond acceptors (Lipinski definition) is 3. The zero-order chi connectivity index (χ0) is 19.3. The van der Waals surface area contributed by atoms with Crippen LogP contribution in [0.3, 0.4) is 0 Å². The molecule has 0 aromatic heterocycles. The van der Waals surface area contributed by atoms with Crippen molar-refractivity contribution in [3.8, 4) is 0 Å². The standard InChI is InChI=1S/C23H27N3O2/c27-22(26-15-12-18-6-4-5-7-20(18)16-26)17-25-13-10-19(11-14-25)23(28)24-21-8-2-1-3-9-21/h1-9,19H,10-17H2,(H,24,28). The highest BCUT2D eigenvalue weighted by molar-refractivity contribution is 5.92. The number of anilines is 1. The van der Waals surface area contributed by atoms with Crippen molar-refractivity contribution in [3.63, 3.8) is 0 Å². The van der Waals surface area contributed by atoms with Crippen molar-refractivity contribution in [2.75, 3.05) is 31.5 Å². The third-order valence-corrected chi connectivity index (χ3v) is 5.84. The molecule has 0 unspecified atom stereocenters. The van der Waals surface area contributed by atoms with E-state index >= 15 is 0 Å². The van der Waals surface area contributed by atoms with Gasteiger partial charge in [-0.05, 0) is 55.6 Å². The van der Waals surface area contributed by atoms with Gasteiger partial charge >= 0.3 is 0 Å². The van der Waals surface area contributed by atoms with E-state index in [-0.39, 0.29) is 17.7 Å². The smallest absolute Gasteiger partial charge is 0.237 e. The quantitative estimate of drug-likeness (QED) is 0.891. The van der Waals surface area contributed by atoms with Gasteiger partial charge in [0, 0.05) is 24.7 Å². The van der Waals surface area contributed by atoms with Gasteiger partial charge < -0.3 is 10.2 Å². The second-order valence-corrected chi connectivity index (χ2v) is 7.74. The van der Waals surface area contributed by atoms with E-state index in [2.05, 4.69) is 28.4 Å². The predicted molar refractivity (Wildman–Crippen MR) is 110 cm³/mol. The summed E-state index contributed by atoms with van der Waals surface area (Å²) < 4.78 is 0. The number of carbonyl (C=O) groups excluding carboxylic acids is 2. The molecule has 1 saturated heterocycles. The molecule has 0 spiro atoms. The molecule has 28 heavy (non-hydrogen) atoms. The van der Waals surface area contributed by atoms with Crippen LogP contribution in [0.2, 0.25) is 0 Å². The maximum Gasteiger partial charge on any atom is 0.237 e. The number of nitrogens with zero attached hydrogens (tertiary/aromatic N) is 2. The van der Waals surface area contributed by atoms with Gasteiger partial charge in [-0.15, -0.1) is 0 Å². The van der Waals surface area contributed by atoms with E-state index < -0.39 is 0 Å². The van der Waals surface area contributed by atoms with E-state index in [9.17, 15) is 9.59 Å². The van der Waals surface area contributed by atoms with Crippen LogP contribution in [0.1, 0.15) is 24.0 Å². The van der Waals surface area contributed by atoms with Gasteiger partial charge in [0.1, 0.15) is 0 Å². The molecular formula is C23H27N3O2. The van der Waals surface area contributed by atoms with Crippen molar-refractivity contribution in [1.29, 1.82) is 0 Å². The SMILES string of the molecule is O=C(Nc1ccccc1)C1CCN(CC(=O)N2CCc3ccccc3C2)CC1. The Kier molecular flexibility index (Phi) is 5.72. The summed E-state index contributed by atoms with van der Waals surface area (Å²) in [6.45, 7) is 3.55. The topological polar surface area (TPSA) is 52.7 Å². The summed E-state index contributed by atoms with van der Waals surface area (Å²) in [6.07, 6.45) is 2.53. The molecule has 2 aliphatic rings. The maximum atomic E-state index is 12.7. The van der Waals surface area contributed by atoms with E-state index in [1.807, 2.05) is 41.3 Å². The van der Waals surface area contributed by atoms with Crippen LogP contribution in [0.4, 0.5) is 5.69 Å². The minimum Gasteiger partial charge on any atom is -0.337 e. The predicted octanol–water partition coefficient (Wildman–Crippen LogP) is 2.92. The summed E-state index contributed by atoms with van der Waals surface area (Å²) in [5, 5.41) is 3.00. The lowest BCUT2D eigenvalue weighted by atomic mass is 9.95. The third-order valence-electron chi connectivity index (χ3n) is 5.84. The third kappa shape index (κ3) is 4.42. The van der Waals surface area contributed by atoms with Gasteiger partial charge in [-0.3, -0.25) is 14.5 Å². The number of nitrogens with one attached hydrogen (secondary N) is 1. The second kappa shape index (κ2) is 8.57. The fourth-order valence-corrected chi connectivity index (χ4v) is 4.12. The second-order valence-electron chi connectivity index (χ2n) is 7.74. The van der Waals surface area contributed by atoms with E-state index in [4.69, 9.17) is 0 Å². The first-order chi connectivity index (χ1) is 13.7. The minimum atomic E-state index is 0.0217. The molecule has 0 aliphatic carbocycles. The summed E-state index contributed by atoms with van der Waals surface area (Å²) in [7, 11) is 0. The molecule has 2 aromatic rings. The number of carbonyl (C=O) groups is 2. The van der Waals surface area contributed by atoms with Crippen LogP contribution in [-0.4, -0.2) is 47.8 Å². The van der Waals surface area contributed by atoms with E-state index in [0.29, 0.717) is 13.1 Å². The van der Waals surface area contributed by atoms with E-state index in [1.165, 1.54) is 11.1 Å². The molecule has 0 bridgehead atoms. The fraction of sp³-hybridized carbons (Fsp3) is 0.391. The maximum absolute atomic E-state index is 12.7. The molecule has 2 amide bonds. The molecule has 2 heterocycles. The number of piperidine rings is 1. The Morgan fingerprint density at radius 1 is 0.893 bits per heavy atom. The first kappa shape index (κ1) is 18.7. The molecule has 0 atom stereocenters. The van der Waals surface area contributed by atoms with Crippen LogP contribution in [0, 0.1) is 5.92 Å². The summed E-state index contributed by atoms with van der Waals surface area (Å²) in [5.74, 6) is 0.305. The lowest BCUT2D eigenvalue weighted by Gasteiger charge is -2.34. The molecule has 4 rings (SSSR count). The van der Waals surface area contributed by atoms with Gasteiger partial charge in [0.2, 0.25) is 11.8 Å². The fourth-order valence-electron chi connectivity index (χ4n) is 4.12. The number of para-hydroxylation sites is 1. The molecule has 2 aliphatic heterocycles. The van der Waals surface area contributed by atoms with Gasteiger partial charge in [0.15, 0.2) is 0 Å². The van der Waals surface area contributed by atoms with E-state index in [1.54, 1.807) is 0 Å². The monoisotopic (exact) mass is 377 g/mol. The lowest BCUT2D eigenvalue weighted by Crippen LogP contribution is -2.46. The Balaban J connectivity index is 1.24. The van der Waals surface area contributed by atoms with Crippen LogP contribution in [0.25, 0.3) is 0 Å². The number of amides is 2. The van der Waals surface area contributed by atoms with Crippen molar-refractivity contribution >= 4 is 17.5 Å². The Bertz CT molecular complexity index is 829. The van der Waals surface area contributed by atoms with Crippen molar-refractivity contribution in [3.05, 3.63) is 65.7 Å². The Morgan fingerprint density at radius 2 is 1.57 bits per heavy atom. The molecule has 2 aromatic carbocycles. The van der Waals surface area contributed by atoms with Crippen molar-refractivity contribution < 1.29 is 9.59 Å². The molecule has 5 nitrogen and oxygen atoms in total. The average Bonchev–Trinajstić information content (AvgIpc) is 2.74. The summed E-state index contributed by atoms with van der Waals surface area (Å²) in [6, 6.07) is 18.0. The van der Waals surface area contributed by atoms with Gasteiger partial charge in [0.25, 0.3) is 0 Å². The molecule has 146 valence electrons. The van der Waals surface area contributed by atoms with Gasteiger partial charge in [-0.1, -0.05) is 42.5 Å². The zero-order valence-electron chi connectivity index (χ0n) is 16.1. The molecule has 5 heteroatoms. The first-order valence-electron chi connectivity index (χ1n) is 10.1. The highest BCUT2D eigenvalue weighted by Crippen LogP contribution is 2.21. The minimum absolute atomic E-state index is 0.0217. The molecule has 0 saturated carbocycles. The average molecular weight is 377 g/mol. The number of rotatable bonds is 4. The van der Waals surface area contributed by atoms with Crippen LogP contribution < -0.4 is 5.32 Å². The van der Waals surface area contributed by atoms with Crippen molar-refractivity contribution in [2.24, 2.45) is 5.92 Å². The largest absolute Gasteiger partial charge is 0.337 e. The number of benzene rings is 2. The first-order valence-corrected chi connectivity index (χ1v) is 10.1. The van der Waals surface area contributed by atoms with Crippen molar-refractivity contribution in [2.45, 2.75) is 25.8 Å². The lowest BCUT2D eigenvalue weighted by molar-refractivity contribution is -0.133. The Hall–Kier alpha value is -2.66. The van der Waals surface area contributed by atoms with Crippen LogP contribution in [0.5, 0.6) is 0 Å². The summed E-state index contributed by atoms with van der Waals surface area (Å²) in [4.78, 5) is 29.4. The van der Waals surface area contributed by atoms with Gasteiger partial charge in [0.05, 0.1) is 6.54 Å². The molecular weight excluding hydrogens is 350 g/mol. The Morgan fingerprint density at radius 3 is 2.32 bits per heavy atom.